The van der Waals surface area contributed by atoms with E-state index in [-0.39, 0.29) is 17.6 Å². The Morgan fingerprint density at radius 2 is 2.09 bits per heavy atom. The summed E-state index contributed by atoms with van der Waals surface area (Å²) in [6.07, 6.45) is -0.00421. The Hall–Kier alpha value is -2.99. The molecule has 1 spiro atoms. The number of halogens is 3. The number of carboxylic acids is 1. The number of aliphatic carboxylic acids is 1. The molecule has 12 heteroatoms. The van der Waals surface area contributed by atoms with Crippen LogP contribution in [0.2, 0.25) is 0 Å². The van der Waals surface area contributed by atoms with Crippen LogP contribution in [0.3, 0.4) is 0 Å². The minimum atomic E-state index is -5.08. The third kappa shape index (κ3) is 6.51. The molecule has 9 nitrogen and oxygen atoms in total. The molecule has 2 aliphatic heterocycles. The van der Waals surface area contributed by atoms with Crippen molar-refractivity contribution in [3.05, 3.63) is 47.5 Å². The van der Waals surface area contributed by atoms with Crippen molar-refractivity contribution in [2.24, 2.45) is 7.05 Å². The fraction of sp³-hybridized carbons (Fsp3) is 0.524. The van der Waals surface area contributed by atoms with Crippen LogP contribution in [-0.2, 0) is 27.9 Å². The number of alkyl halides is 3. The Morgan fingerprint density at radius 1 is 1.36 bits per heavy atom. The summed E-state index contributed by atoms with van der Waals surface area (Å²) in [7, 11) is 1.81. The number of amides is 1. The lowest BCUT2D eigenvalue weighted by Gasteiger charge is -2.23. The molecule has 4 rings (SSSR count). The first-order chi connectivity index (χ1) is 15.5. The fourth-order valence-corrected chi connectivity index (χ4v) is 3.81. The van der Waals surface area contributed by atoms with Gasteiger partial charge in [0.25, 0.3) is 5.91 Å². The first kappa shape index (κ1) is 24.6. The van der Waals surface area contributed by atoms with E-state index in [4.69, 9.17) is 19.4 Å². The molecular formula is C21H25F3N4O5. The summed E-state index contributed by atoms with van der Waals surface area (Å²) < 4.78 is 45.5. The highest BCUT2D eigenvalue weighted by molar-refractivity contribution is 5.94. The molecule has 0 unspecified atom stereocenters. The van der Waals surface area contributed by atoms with Crippen molar-refractivity contribution < 1.29 is 37.3 Å². The van der Waals surface area contributed by atoms with Gasteiger partial charge in [-0.05, 0) is 25.5 Å². The second-order valence-corrected chi connectivity index (χ2v) is 8.08. The van der Waals surface area contributed by atoms with E-state index in [0.717, 1.165) is 24.2 Å². The van der Waals surface area contributed by atoms with Gasteiger partial charge in [0.05, 0.1) is 48.9 Å². The zero-order chi connectivity index (χ0) is 24.2. The van der Waals surface area contributed by atoms with E-state index in [9.17, 15) is 18.0 Å². The van der Waals surface area contributed by atoms with Gasteiger partial charge in [-0.25, -0.2) is 4.79 Å². The summed E-state index contributed by atoms with van der Waals surface area (Å²) in [6.45, 7) is 4.36. The number of carbonyl (C=O) groups is 2. The van der Waals surface area contributed by atoms with Crippen LogP contribution in [0, 0.1) is 6.92 Å². The molecule has 0 aromatic carbocycles. The van der Waals surface area contributed by atoms with E-state index in [0.29, 0.717) is 31.9 Å². The molecule has 2 aromatic rings. The van der Waals surface area contributed by atoms with Crippen molar-refractivity contribution in [2.75, 3.05) is 19.7 Å². The summed E-state index contributed by atoms with van der Waals surface area (Å²) >= 11 is 0. The molecule has 180 valence electrons. The number of ether oxygens (including phenoxy) is 2. The Bertz CT molecular complexity index is 996. The number of carbonyl (C=O) groups excluding carboxylic acids is 1. The summed E-state index contributed by atoms with van der Waals surface area (Å²) in [5.41, 5.74) is 2.28. The van der Waals surface area contributed by atoms with Gasteiger partial charge in [-0.1, -0.05) is 6.07 Å². The van der Waals surface area contributed by atoms with Crippen LogP contribution >= 0.6 is 0 Å². The zero-order valence-electron chi connectivity index (χ0n) is 18.2. The Balaban J connectivity index is 0.000000383. The van der Waals surface area contributed by atoms with Crippen molar-refractivity contribution in [2.45, 2.75) is 44.3 Å². The zero-order valence-corrected chi connectivity index (χ0v) is 18.2. The van der Waals surface area contributed by atoms with E-state index < -0.39 is 12.1 Å². The van der Waals surface area contributed by atoms with Crippen molar-refractivity contribution >= 4 is 11.9 Å². The van der Waals surface area contributed by atoms with Gasteiger partial charge in [0.1, 0.15) is 0 Å². The minimum absolute atomic E-state index is 0.0203. The van der Waals surface area contributed by atoms with E-state index in [1.165, 1.54) is 0 Å². The highest BCUT2D eigenvalue weighted by atomic mass is 19.4. The molecule has 1 N–H and O–H groups in total. The molecule has 33 heavy (non-hydrogen) atoms. The second-order valence-electron chi connectivity index (χ2n) is 8.08. The molecule has 0 bridgehead atoms. The molecule has 2 fully saturated rings. The first-order valence-electron chi connectivity index (χ1n) is 10.2. The van der Waals surface area contributed by atoms with Crippen LogP contribution in [0.15, 0.2) is 30.6 Å². The average molecular weight is 470 g/mol. The normalized spacial score (nSPS) is 22.3. The quantitative estimate of drug-likeness (QED) is 0.731. The summed E-state index contributed by atoms with van der Waals surface area (Å²) in [5.74, 6) is -2.74. The molecule has 2 atom stereocenters. The summed E-state index contributed by atoms with van der Waals surface area (Å²) in [5, 5.41) is 11.2. The van der Waals surface area contributed by atoms with Crippen LogP contribution in [0.5, 0.6) is 0 Å². The molecule has 2 aromatic heterocycles. The number of carboxylic acid groups (broad SMARTS) is 1. The summed E-state index contributed by atoms with van der Waals surface area (Å²) in [6, 6.07) is 5.94. The largest absolute Gasteiger partial charge is 0.490 e. The molecule has 2 aliphatic rings. The summed E-state index contributed by atoms with van der Waals surface area (Å²) in [4.78, 5) is 27.8. The van der Waals surface area contributed by atoms with Gasteiger partial charge in [0, 0.05) is 31.9 Å². The van der Waals surface area contributed by atoms with Crippen LogP contribution in [-0.4, -0.2) is 74.2 Å². The predicted molar refractivity (Wildman–Crippen MR) is 108 cm³/mol. The van der Waals surface area contributed by atoms with E-state index >= 15 is 0 Å². The number of rotatable bonds is 4. The second kappa shape index (κ2) is 9.87. The SMILES string of the molecule is Cc1cccc(CO[C@H]2CO[C@@]3(CCN(C(=O)c4cnn(C)c4)C3)C2)n1.O=C(O)C(F)(F)F. The van der Waals surface area contributed by atoms with Crippen molar-refractivity contribution in [1.82, 2.24) is 19.7 Å². The van der Waals surface area contributed by atoms with Gasteiger partial charge < -0.3 is 19.5 Å². The smallest absolute Gasteiger partial charge is 0.475 e. The Morgan fingerprint density at radius 3 is 2.70 bits per heavy atom. The predicted octanol–water partition coefficient (Wildman–Crippen LogP) is 2.35. The molecule has 0 aliphatic carbocycles. The lowest BCUT2D eigenvalue weighted by atomic mass is 9.98. The molecule has 0 saturated carbocycles. The Kier molecular flexibility index (Phi) is 7.38. The van der Waals surface area contributed by atoms with Gasteiger partial charge in [0.2, 0.25) is 0 Å². The van der Waals surface area contributed by atoms with Gasteiger partial charge in [-0.15, -0.1) is 0 Å². The van der Waals surface area contributed by atoms with Crippen LogP contribution in [0.25, 0.3) is 0 Å². The topological polar surface area (TPSA) is 107 Å². The molecule has 1 amide bonds. The maximum absolute atomic E-state index is 12.6. The Labute approximate surface area is 188 Å². The highest BCUT2D eigenvalue weighted by Gasteiger charge is 2.47. The van der Waals surface area contributed by atoms with Crippen molar-refractivity contribution in [1.29, 1.82) is 0 Å². The molecule has 2 saturated heterocycles. The minimum Gasteiger partial charge on any atom is -0.475 e. The number of hydrogen-bond donors (Lipinski definition) is 1. The van der Waals surface area contributed by atoms with Crippen LogP contribution in [0.4, 0.5) is 13.2 Å². The molecule has 4 heterocycles. The third-order valence-corrected chi connectivity index (χ3v) is 5.39. The average Bonchev–Trinajstić information content (AvgIpc) is 3.47. The van der Waals surface area contributed by atoms with Gasteiger partial charge in [0.15, 0.2) is 0 Å². The maximum atomic E-state index is 12.6. The lowest BCUT2D eigenvalue weighted by molar-refractivity contribution is -0.192. The molecule has 0 radical (unpaired) electrons. The lowest BCUT2D eigenvalue weighted by Crippen LogP contribution is -2.36. The van der Waals surface area contributed by atoms with Gasteiger partial charge >= 0.3 is 12.1 Å². The van der Waals surface area contributed by atoms with E-state index in [1.54, 1.807) is 17.1 Å². The van der Waals surface area contributed by atoms with Crippen molar-refractivity contribution in [3.63, 3.8) is 0 Å². The van der Waals surface area contributed by atoms with E-state index in [2.05, 4.69) is 10.1 Å². The van der Waals surface area contributed by atoms with Gasteiger partial charge in [-0.3, -0.25) is 14.5 Å². The van der Waals surface area contributed by atoms with Crippen molar-refractivity contribution in [3.8, 4) is 0 Å². The third-order valence-electron chi connectivity index (χ3n) is 5.39. The van der Waals surface area contributed by atoms with Crippen LogP contribution in [0.1, 0.15) is 34.6 Å². The molecular weight excluding hydrogens is 445 g/mol. The number of aromatic nitrogens is 3. The van der Waals surface area contributed by atoms with Crippen LogP contribution < -0.4 is 0 Å². The van der Waals surface area contributed by atoms with E-state index in [1.807, 2.05) is 37.1 Å². The number of hydrogen-bond acceptors (Lipinski definition) is 6. The highest BCUT2D eigenvalue weighted by Crippen LogP contribution is 2.37. The maximum Gasteiger partial charge on any atom is 0.490 e. The number of nitrogens with zero attached hydrogens (tertiary/aromatic N) is 4. The number of aryl methyl sites for hydroxylation is 2. The fourth-order valence-electron chi connectivity index (χ4n) is 3.81. The monoisotopic (exact) mass is 470 g/mol. The standard InChI is InChI=1S/C19H24N4O3.C2HF3O2/c1-14-4-3-5-16(21-14)11-25-17-8-19(26-12-17)6-7-23(13-19)18(24)15-9-20-22(2)10-15;3-2(4,5)1(6)7/h3-5,9-10,17H,6-8,11-13H2,1-2H3;(H,6,7)/t17-,19+;/m1./s1. The number of pyridine rings is 1. The number of likely N-dealkylation sites (tertiary alicyclic amines) is 1. The first-order valence-corrected chi connectivity index (χ1v) is 10.2. The van der Waals surface area contributed by atoms with Gasteiger partial charge in [-0.2, -0.15) is 18.3 Å².